The highest BCUT2D eigenvalue weighted by Gasteiger charge is 2.40. The molecule has 21 heavy (non-hydrogen) atoms. The normalized spacial score (nSPS) is 17.2. The molecular weight excluding hydrogens is 264 g/mol. The van der Waals surface area contributed by atoms with Gasteiger partial charge in [0.05, 0.1) is 12.1 Å². The molecule has 1 aliphatic rings. The number of β-amino-alcohol motifs (C(OH)–C–C–N with tert-alkyl or cyclic N) is 1. The molecule has 1 aliphatic heterocycles. The molecule has 4 heteroatoms. The molecule has 2 N–H and O–H groups in total. The maximum Gasteiger partial charge on any atom is 0.234 e. The molecule has 0 unspecified atom stereocenters. The van der Waals surface area contributed by atoms with E-state index in [-0.39, 0.29) is 5.91 Å². The van der Waals surface area contributed by atoms with E-state index in [2.05, 4.69) is 24.4 Å². The molecule has 4 nitrogen and oxygen atoms in total. The van der Waals surface area contributed by atoms with Crippen LogP contribution >= 0.6 is 0 Å². The van der Waals surface area contributed by atoms with Gasteiger partial charge in [0.25, 0.3) is 0 Å². The van der Waals surface area contributed by atoms with Crippen molar-refractivity contribution in [3.8, 4) is 0 Å². The highest BCUT2D eigenvalue weighted by atomic mass is 16.3. The highest BCUT2D eigenvalue weighted by Crippen LogP contribution is 2.24. The molecule has 0 bridgehead atoms. The third-order valence-corrected chi connectivity index (χ3v) is 3.93. The first-order chi connectivity index (χ1) is 10.1. The van der Waals surface area contributed by atoms with Gasteiger partial charge in [-0.3, -0.25) is 9.69 Å². The lowest BCUT2D eigenvalue weighted by Gasteiger charge is -2.46. The predicted octanol–water partition coefficient (Wildman–Crippen LogP) is 1.58. The Labute approximate surface area is 127 Å². The Balaban J connectivity index is 1.55. The molecule has 116 valence electrons. The Kier molecular flexibility index (Phi) is 5.76. The summed E-state index contributed by atoms with van der Waals surface area (Å²) in [5, 5.41) is 13.0. The molecule has 2 rings (SSSR count). The maximum absolute atomic E-state index is 11.8. The number of hydrogen-bond acceptors (Lipinski definition) is 3. The molecule has 1 aromatic carbocycles. The number of amides is 1. The Bertz CT molecular complexity index is 441. The van der Waals surface area contributed by atoms with E-state index in [0.29, 0.717) is 26.2 Å². The van der Waals surface area contributed by atoms with Crippen molar-refractivity contribution in [3.05, 3.63) is 35.9 Å². The number of carbonyl (C=O) groups is 1. The third-order valence-electron chi connectivity index (χ3n) is 3.93. The van der Waals surface area contributed by atoms with Crippen LogP contribution in [0, 0.1) is 0 Å². The number of aliphatic hydroxyl groups is 1. The lowest BCUT2D eigenvalue weighted by molar-refractivity contribution is -0.133. The summed E-state index contributed by atoms with van der Waals surface area (Å²) in [7, 11) is 0. The minimum atomic E-state index is -0.553. The quantitative estimate of drug-likeness (QED) is 0.715. The molecule has 1 heterocycles. The lowest BCUT2D eigenvalue weighted by atomic mass is 9.89. The number of rotatable bonds is 8. The largest absolute Gasteiger partial charge is 0.387 e. The van der Waals surface area contributed by atoms with Crippen molar-refractivity contribution in [2.45, 2.75) is 38.2 Å². The van der Waals surface area contributed by atoms with Crippen LogP contribution in [0.4, 0.5) is 0 Å². The molecule has 0 atom stereocenters. The number of hydrogen-bond donors (Lipinski definition) is 2. The van der Waals surface area contributed by atoms with E-state index in [1.165, 1.54) is 5.56 Å². The van der Waals surface area contributed by atoms with Crippen LogP contribution in [0.5, 0.6) is 0 Å². The summed E-state index contributed by atoms with van der Waals surface area (Å²) in [5.74, 6) is 0.0570. The SMILES string of the molecule is CCCC1(O)CN(CC(=O)NCCCc2ccccc2)C1. The number of benzene rings is 1. The zero-order chi connectivity index (χ0) is 15.1. The molecule has 0 aromatic heterocycles. The zero-order valence-corrected chi connectivity index (χ0v) is 12.8. The van der Waals surface area contributed by atoms with Gasteiger partial charge in [0.2, 0.25) is 5.91 Å². The fourth-order valence-electron chi connectivity index (χ4n) is 2.95. The van der Waals surface area contributed by atoms with Crippen molar-refractivity contribution in [3.63, 3.8) is 0 Å². The fourth-order valence-corrected chi connectivity index (χ4v) is 2.95. The molecule has 1 aromatic rings. The van der Waals surface area contributed by atoms with Crippen molar-refractivity contribution in [2.75, 3.05) is 26.2 Å². The molecular formula is C17H26N2O2. The summed E-state index contributed by atoms with van der Waals surface area (Å²) < 4.78 is 0. The molecule has 1 amide bonds. The summed E-state index contributed by atoms with van der Waals surface area (Å²) >= 11 is 0. The molecule has 0 radical (unpaired) electrons. The standard InChI is InChI=1S/C17H26N2O2/c1-2-10-17(21)13-19(14-17)12-16(20)18-11-6-9-15-7-4-3-5-8-15/h3-5,7-8,21H,2,6,9-14H2,1H3,(H,18,20). The van der Waals surface area contributed by atoms with Gasteiger partial charge in [0.15, 0.2) is 0 Å². The highest BCUT2D eigenvalue weighted by molar-refractivity contribution is 5.78. The predicted molar refractivity (Wildman–Crippen MR) is 84.1 cm³/mol. The van der Waals surface area contributed by atoms with Crippen LogP contribution in [0.25, 0.3) is 0 Å². The van der Waals surface area contributed by atoms with E-state index in [1.807, 2.05) is 23.1 Å². The van der Waals surface area contributed by atoms with Crippen LogP contribution in [0.2, 0.25) is 0 Å². The van der Waals surface area contributed by atoms with E-state index in [4.69, 9.17) is 0 Å². The van der Waals surface area contributed by atoms with Crippen molar-refractivity contribution in [1.29, 1.82) is 0 Å². The third kappa shape index (κ3) is 5.14. The van der Waals surface area contributed by atoms with E-state index in [0.717, 1.165) is 25.7 Å². The van der Waals surface area contributed by atoms with Crippen LogP contribution < -0.4 is 5.32 Å². The van der Waals surface area contributed by atoms with Crippen molar-refractivity contribution in [1.82, 2.24) is 10.2 Å². The second-order valence-corrected chi connectivity index (χ2v) is 6.06. The van der Waals surface area contributed by atoms with Crippen LogP contribution in [-0.4, -0.2) is 47.7 Å². The first kappa shape index (κ1) is 16.0. The average molecular weight is 290 g/mol. The van der Waals surface area contributed by atoms with Crippen molar-refractivity contribution < 1.29 is 9.90 Å². The molecule has 0 spiro atoms. The number of nitrogens with one attached hydrogen (secondary N) is 1. The van der Waals surface area contributed by atoms with Gasteiger partial charge in [0.1, 0.15) is 0 Å². The number of aryl methyl sites for hydroxylation is 1. The topological polar surface area (TPSA) is 52.6 Å². The minimum Gasteiger partial charge on any atom is -0.387 e. The Morgan fingerprint density at radius 2 is 2.05 bits per heavy atom. The molecule has 1 fully saturated rings. The van der Waals surface area contributed by atoms with Gasteiger partial charge in [-0.15, -0.1) is 0 Å². The zero-order valence-electron chi connectivity index (χ0n) is 12.8. The minimum absolute atomic E-state index is 0.0570. The van der Waals surface area contributed by atoms with E-state index < -0.39 is 5.60 Å². The summed E-state index contributed by atoms with van der Waals surface area (Å²) in [6.07, 6.45) is 3.74. The van der Waals surface area contributed by atoms with E-state index >= 15 is 0 Å². The molecule has 1 saturated heterocycles. The maximum atomic E-state index is 11.8. The summed E-state index contributed by atoms with van der Waals surface area (Å²) in [6.45, 7) is 4.43. The van der Waals surface area contributed by atoms with Crippen molar-refractivity contribution >= 4 is 5.91 Å². The number of nitrogens with zero attached hydrogens (tertiary/aromatic N) is 1. The van der Waals surface area contributed by atoms with Gasteiger partial charge in [-0.1, -0.05) is 43.7 Å². The van der Waals surface area contributed by atoms with Gasteiger partial charge in [0, 0.05) is 19.6 Å². The van der Waals surface area contributed by atoms with Crippen LogP contribution in [0.1, 0.15) is 31.7 Å². The first-order valence-corrected chi connectivity index (χ1v) is 7.87. The summed E-state index contributed by atoms with van der Waals surface area (Å²) in [5.41, 5.74) is 0.752. The fraction of sp³-hybridized carbons (Fsp3) is 0.588. The second kappa shape index (κ2) is 7.57. The Morgan fingerprint density at radius 3 is 2.71 bits per heavy atom. The average Bonchev–Trinajstić information content (AvgIpc) is 2.43. The van der Waals surface area contributed by atoms with Gasteiger partial charge < -0.3 is 10.4 Å². The monoisotopic (exact) mass is 290 g/mol. The van der Waals surface area contributed by atoms with Gasteiger partial charge >= 0.3 is 0 Å². The van der Waals surface area contributed by atoms with E-state index in [9.17, 15) is 9.90 Å². The number of likely N-dealkylation sites (tertiary alicyclic amines) is 1. The van der Waals surface area contributed by atoms with E-state index in [1.54, 1.807) is 0 Å². The summed E-state index contributed by atoms with van der Waals surface area (Å²) in [6, 6.07) is 10.3. The van der Waals surface area contributed by atoms with Crippen LogP contribution in [0.3, 0.4) is 0 Å². The summed E-state index contributed by atoms with van der Waals surface area (Å²) in [4.78, 5) is 13.8. The Hall–Kier alpha value is -1.39. The van der Waals surface area contributed by atoms with Gasteiger partial charge in [-0.05, 0) is 24.8 Å². The van der Waals surface area contributed by atoms with Crippen LogP contribution in [-0.2, 0) is 11.2 Å². The second-order valence-electron chi connectivity index (χ2n) is 6.06. The van der Waals surface area contributed by atoms with Gasteiger partial charge in [-0.2, -0.15) is 0 Å². The molecule has 0 saturated carbocycles. The van der Waals surface area contributed by atoms with Gasteiger partial charge in [-0.25, -0.2) is 0 Å². The Morgan fingerprint density at radius 1 is 1.33 bits per heavy atom. The first-order valence-electron chi connectivity index (χ1n) is 7.87. The smallest absolute Gasteiger partial charge is 0.234 e. The van der Waals surface area contributed by atoms with Crippen LogP contribution in [0.15, 0.2) is 30.3 Å². The lowest BCUT2D eigenvalue weighted by Crippen LogP contribution is -2.63. The number of carbonyl (C=O) groups excluding carboxylic acids is 1. The molecule has 0 aliphatic carbocycles. The van der Waals surface area contributed by atoms with Crippen molar-refractivity contribution in [2.24, 2.45) is 0 Å².